The number of nitriles is 1. The van der Waals surface area contributed by atoms with Crippen molar-refractivity contribution in [3.05, 3.63) is 69.7 Å². The van der Waals surface area contributed by atoms with E-state index in [4.69, 9.17) is 0 Å². The van der Waals surface area contributed by atoms with Crippen LogP contribution < -0.4 is 5.32 Å². The monoisotopic (exact) mass is 368 g/mol. The normalized spacial score (nSPS) is 10.7. The van der Waals surface area contributed by atoms with Gasteiger partial charge >= 0.3 is 0 Å². The van der Waals surface area contributed by atoms with Crippen LogP contribution in [0.15, 0.2) is 58.6 Å². The molecule has 0 unspecified atom stereocenters. The molecule has 0 atom stereocenters. The lowest BCUT2D eigenvalue weighted by Crippen LogP contribution is -2.15. The molecule has 0 aliphatic carbocycles. The van der Waals surface area contributed by atoms with Crippen LogP contribution in [0.2, 0.25) is 0 Å². The maximum Gasteiger partial charge on any atom is 0.266 e. The van der Waals surface area contributed by atoms with Crippen molar-refractivity contribution in [3.8, 4) is 6.07 Å². The second-order valence-corrected chi connectivity index (χ2v) is 5.70. The highest BCUT2D eigenvalue weighted by Crippen LogP contribution is 2.18. The number of hydrogen-bond acceptors (Lipinski definition) is 3. The minimum absolute atomic E-state index is 0.0403. The van der Waals surface area contributed by atoms with Crippen LogP contribution in [0.5, 0.6) is 0 Å². The lowest BCUT2D eigenvalue weighted by molar-refractivity contribution is -0.112. The van der Waals surface area contributed by atoms with Crippen LogP contribution in [0.4, 0.5) is 5.69 Å². The Morgan fingerprint density at radius 2 is 1.91 bits per heavy atom. The summed E-state index contributed by atoms with van der Waals surface area (Å²) in [6, 6.07) is 15.8. The Morgan fingerprint density at radius 1 is 1.17 bits per heavy atom. The molecule has 1 amide bonds. The standard InChI is InChI=1S/C18H13BrN2O2/c1-12(22)16-7-2-3-8-17(16)21-18(23)14(11-20)9-13-5-4-6-15(19)10-13/h2-10H,1H3,(H,21,23)/b14-9-. The van der Waals surface area contributed by atoms with E-state index in [1.807, 2.05) is 18.2 Å². The van der Waals surface area contributed by atoms with Gasteiger partial charge in [-0.05, 0) is 42.8 Å². The third-order valence-corrected chi connectivity index (χ3v) is 3.57. The highest BCUT2D eigenvalue weighted by molar-refractivity contribution is 9.10. The molecule has 23 heavy (non-hydrogen) atoms. The molecule has 0 spiro atoms. The van der Waals surface area contributed by atoms with Gasteiger partial charge in [0, 0.05) is 10.0 Å². The summed E-state index contributed by atoms with van der Waals surface area (Å²) in [4.78, 5) is 23.9. The largest absolute Gasteiger partial charge is 0.321 e. The molecule has 0 aliphatic heterocycles. The Balaban J connectivity index is 2.29. The third kappa shape index (κ3) is 4.38. The van der Waals surface area contributed by atoms with Gasteiger partial charge in [-0.1, -0.05) is 40.2 Å². The molecule has 0 bridgehead atoms. The average Bonchev–Trinajstić information content (AvgIpc) is 2.53. The molecule has 5 heteroatoms. The summed E-state index contributed by atoms with van der Waals surface area (Å²) < 4.78 is 0.853. The number of carbonyl (C=O) groups excluding carboxylic acids is 2. The Bertz CT molecular complexity index is 835. The molecule has 0 saturated heterocycles. The van der Waals surface area contributed by atoms with E-state index in [2.05, 4.69) is 21.2 Å². The number of halogens is 1. The van der Waals surface area contributed by atoms with Crippen LogP contribution >= 0.6 is 15.9 Å². The van der Waals surface area contributed by atoms with E-state index in [0.717, 1.165) is 10.0 Å². The number of rotatable bonds is 4. The summed E-state index contributed by atoms with van der Waals surface area (Å²) >= 11 is 3.34. The van der Waals surface area contributed by atoms with Gasteiger partial charge in [0.25, 0.3) is 5.91 Å². The van der Waals surface area contributed by atoms with Gasteiger partial charge in [-0.2, -0.15) is 5.26 Å². The molecule has 0 heterocycles. The van der Waals surface area contributed by atoms with Crippen molar-refractivity contribution in [2.45, 2.75) is 6.92 Å². The molecule has 1 N–H and O–H groups in total. The van der Waals surface area contributed by atoms with Crippen molar-refractivity contribution in [1.29, 1.82) is 5.26 Å². The molecular formula is C18H13BrN2O2. The van der Waals surface area contributed by atoms with E-state index in [1.165, 1.54) is 13.0 Å². The Morgan fingerprint density at radius 3 is 2.57 bits per heavy atom. The number of anilines is 1. The lowest BCUT2D eigenvalue weighted by Gasteiger charge is -2.08. The number of amides is 1. The molecule has 0 radical (unpaired) electrons. The quantitative estimate of drug-likeness (QED) is 0.499. The van der Waals surface area contributed by atoms with Crippen molar-refractivity contribution >= 4 is 39.4 Å². The average molecular weight is 369 g/mol. The van der Waals surface area contributed by atoms with Crippen molar-refractivity contribution in [2.75, 3.05) is 5.32 Å². The highest BCUT2D eigenvalue weighted by atomic mass is 79.9. The van der Waals surface area contributed by atoms with Gasteiger partial charge in [0.2, 0.25) is 0 Å². The van der Waals surface area contributed by atoms with Gasteiger partial charge < -0.3 is 5.32 Å². The topological polar surface area (TPSA) is 70.0 Å². The van der Waals surface area contributed by atoms with E-state index in [9.17, 15) is 14.9 Å². The fraction of sp³-hybridized carbons (Fsp3) is 0.0556. The zero-order valence-electron chi connectivity index (χ0n) is 12.3. The zero-order valence-corrected chi connectivity index (χ0v) is 13.9. The highest BCUT2D eigenvalue weighted by Gasteiger charge is 2.13. The fourth-order valence-corrected chi connectivity index (χ4v) is 2.42. The van der Waals surface area contributed by atoms with E-state index in [0.29, 0.717) is 11.3 Å². The molecule has 0 fully saturated rings. The number of nitrogens with one attached hydrogen (secondary N) is 1. The van der Waals surface area contributed by atoms with Crippen LogP contribution in [0.3, 0.4) is 0 Å². The Kier molecular flexibility index (Phi) is 5.45. The van der Waals surface area contributed by atoms with Gasteiger partial charge in [0.15, 0.2) is 5.78 Å². The lowest BCUT2D eigenvalue weighted by atomic mass is 10.1. The van der Waals surface area contributed by atoms with E-state index in [1.54, 1.807) is 36.4 Å². The molecule has 2 aromatic rings. The van der Waals surface area contributed by atoms with Gasteiger partial charge in [0.05, 0.1) is 5.69 Å². The van der Waals surface area contributed by atoms with Crippen molar-refractivity contribution in [1.82, 2.24) is 0 Å². The van der Waals surface area contributed by atoms with E-state index in [-0.39, 0.29) is 11.4 Å². The first-order valence-electron chi connectivity index (χ1n) is 6.80. The zero-order chi connectivity index (χ0) is 16.8. The van der Waals surface area contributed by atoms with Crippen LogP contribution in [-0.4, -0.2) is 11.7 Å². The molecule has 114 valence electrons. The number of benzene rings is 2. The molecule has 2 rings (SSSR count). The van der Waals surface area contributed by atoms with Gasteiger partial charge in [0.1, 0.15) is 11.6 Å². The first-order valence-corrected chi connectivity index (χ1v) is 7.59. The van der Waals surface area contributed by atoms with Gasteiger partial charge in [-0.15, -0.1) is 0 Å². The van der Waals surface area contributed by atoms with Crippen LogP contribution in [0, 0.1) is 11.3 Å². The second-order valence-electron chi connectivity index (χ2n) is 4.78. The summed E-state index contributed by atoms with van der Waals surface area (Å²) in [5.41, 5.74) is 1.48. The minimum atomic E-state index is -0.554. The van der Waals surface area contributed by atoms with Crippen LogP contribution in [-0.2, 0) is 4.79 Å². The predicted octanol–water partition coefficient (Wildman–Crippen LogP) is 4.20. The third-order valence-electron chi connectivity index (χ3n) is 3.08. The maximum absolute atomic E-state index is 12.3. The molecule has 0 saturated carbocycles. The molecule has 4 nitrogen and oxygen atoms in total. The summed E-state index contributed by atoms with van der Waals surface area (Å²) in [6.45, 7) is 1.42. The molecular weight excluding hydrogens is 356 g/mol. The molecule has 2 aromatic carbocycles. The molecule has 0 aromatic heterocycles. The van der Waals surface area contributed by atoms with E-state index >= 15 is 0 Å². The Hall–Kier alpha value is -2.71. The summed E-state index contributed by atoms with van der Waals surface area (Å²) in [6.07, 6.45) is 1.50. The molecule has 0 aliphatic rings. The predicted molar refractivity (Wildman–Crippen MR) is 92.8 cm³/mol. The van der Waals surface area contributed by atoms with Crippen LogP contribution in [0.25, 0.3) is 6.08 Å². The van der Waals surface area contributed by atoms with Crippen LogP contribution in [0.1, 0.15) is 22.8 Å². The first-order chi connectivity index (χ1) is 11.0. The van der Waals surface area contributed by atoms with Crippen molar-refractivity contribution in [3.63, 3.8) is 0 Å². The summed E-state index contributed by atoms with van der Waals surface area (Å²) in [5.74, 6) is -0.712. The van der Waals surface area contributed by atoms with Gasteiger partial charge in [-0.25, -0.2) is 0 Å². The fourth-order valence-electron chi connectivity index (χ4n) is 2.00. The number of hydrogen-bond donors (Lipinski definition) is 1. The SMILES string of the molecule is CC(=O)c1ccccc1NC(=O)/C(C#N)=C\c1cccc(Br)c1. The number of nitrogens with zero attached hydrogens (tertiary/aromatic N) is 1. The number of carbonyl (C=O) groups is 2. The minimum Gasteiger partial charge on any atom is -0.321 e. The van der Waals surface area contributed by atoms with Crippen molar-refractivity contribution < 1.29 is 9.59 Å². The first kappa shape index (κ1) is 16.7. The Labute approximate surface area is 142 Å². The van der Waals surface area contributed by atoms with Crippen molar-refractivity contribution in [2.24, 2.45) is 0 Å². The second kappa shape index (κ2) is 7.52. The smallest absolute Gasteiger partial charge is 0.266 e. The maximum atomic E-state index is 12.3. The van der Waals surface area contributed by atoms with Gasteiger partial charge in [-0.3, -0.25) is 9.59 Å². The van der Waals surface area contributed by atoms with E-state index < -0.39 is 5.91 Å². The number of Topliss-reactive ketones (excluding diaryl/α,β-unsaturated/α-hetero) is 1. The summed E-state index contributed by atoms with van der Waals surface area (Å²) in [5, 5.41) is 11.8. The summed E-state index contributed by atoms with van der Waals surface area (Å²) in [7, 11) is 0. The number of ketones is 1. The number of para-hydroxylation sites is 1.